The molecular formula is C5H9KO6. The number of hydrogen-bond donors (Lipinski definition) is 4. The smallest absolute Gasteiger partial charge is 0.547 e. The van der Waals surface area contributed by atoms with Crippen molar-refractivity contribution in [2.24, 2.45) is 0 Å². The van der Waals surface area contributed by atoms with Crippen molar-refractivity contribution in [3.8, 4) is 0 Å². The monoisotopic (exact) mass is 204 g/mol. The summed E-state index contributed by atoms with van der Waals surface area (Å²) in [5.41, 5.74) is 0. The maximum atomic E-state index is 9.85. The Morgan fingerprint density at radius 1 is 1.33 bits per heavy atom. The van der Waals surface area contributed by atoms with Crippen LogP contribution in [0, 0.1) is 0 Å². The molecule has 0 fully saturated rings. The number of carboxylic acid groups (broad SMARTS) is 1. The van der Waals surface area contributed by atoms with Gasteiger partial charge in [0.1, 0.15) is 18.3 Å². The normalized spacial score (nSPS) is 17.3. The van der Waals surface area contributed by atoms with Crippen LogP contribution < -0.4 is 56.5 Å². The van der Waals surface area contributed by atoms with Crippen LogP contribution in [0.15, 0.2) is 0 Å². The van der Waals surface area contributed by atoms with Crippen LogP contribution in [-0.4, -0.2) is 51.3 Å². The summed E-state index contributed by atoms with van der Waals surface area (Å²) in [6.45, 7) is -0.828. The summed E-state index contributed by atoms with van der Waals surface area (Å²) >= 11 is 0. The van der Waals surface area contributed by atoms with Gasteiger partial charge in [-0.3, -0.25) is 0 Å². The summed E-state index contributed by atoms with van der Waals surface area (Å²) in [5, 5.41) is 43.8. The van der Waals surface area contributed by atoms with Gasteiger partial charge in [-0.15, -0.1) is 0 Å². The minimum Gasteiger partial charge on any atom is -0.547 e. The Morgan fingerprint density at radius 2 is 1.75 bits per heavy atom. The third kappa shape index (κ3) is 4.85. The molecule has 0 radical (unpaired) electrons. The van der Waals surface area contributed by atoms with Gasteiger partial charge in [0.15, 0.2) is 0 Å². The van der Waals surface area contributed by atoms with Crippen molar-refractivity contribution in [2.75, 3.05) is 6.61 Å². The van der Waals surface area contributed by atoms with Gasteiger partial charge in [-0.1, -0.05) is 0 Å². The van der Waals surface area contributed by atoms with Gasteiger partial charge < -0.3 is 30.3 Å². The SMILES string of the molecule is O=C([O-])[C@H](O)[C@H](O)[C@H](O)CO.[K+]. The van der Waals surface area contributed by atoms with Gasteiger partial charge in [0.25, 0.3) is 0 Å². The fraction of sp³-hybridized carbons (Fsp3) is 0.800. The molecule has 0 rings (SSSR count). The van der Waals surface area contributed by atoms with E-state index in [2.05, 4.69) is 0 Å². The average molecular weight is 204 g/mol. The largest absolute Gasteiger partial charge is 1.00 e. The van der Waals surface area contributed by atoms with Crippen molar-refractivity contribution in [3.05, 3.63) is 0 Å². The summed E-state index contributed by atoms with van der Waals surface area (Å²) in [6.07, 6.45) is -5.79. The number of rotatable bonds is 4. The first-order valence-corrected chi connectivity index (χ1v) is 2.86. The Labute approximate surface area is 111 Å². The molecule has 0 heterocycles. The number of aliphatic hydroxyl groups excluding tert-OH is 4. The summed E-state index contributed by atoms with van der Waals surface area (Å²) < 4.78 is 0. The number of aliphatic hydroxyl groups is 4. The maximum absolute atomic E-state index is 9.85. The fourth-order valence-electron chi connectivity index (χ4n) is 0.458. The molecule has 0 unspecified atom stereocenters. The van der Waals surface area contributed by atoms with E-state index in [1.54, 1.807) is 0 Å². The zero-order valence-corrected chi connectivity index (χ0v) is 9.67. The third-order valence-corrected chi connectivity index (χ3v) is 1.15. The van der Waals surface area contributed by atoms with Crippen molar-refractivity contribution >= 4 is 5.97 Å². The van der Waals surface area contributed by atoms with Gasteiger partial charge in [0.2, 0.25) is 0 Å². The first-order chi connectivity index (χ1) is 5.00. The first kappa shape index (κ1) is 15.4. The second-order valence-corrected chi connectivity index (χ2v) is 2.00. The molecule has 0 aliphatic heterocycles. The molecular weight excluding hydrogens is 195 g/mol. The van der Waals surface area contributed by atoms with E-state index in [1.807, 2.05) is 0 Å². The zero-order chi connectivity index (χ0) is 9.02. The quantitative estimate of drug-likeness (QED) is 0.338. The molecule has 0 aromatic carbocycles. The molecule has 6 nitrogen and oxygen atoms in total. The topological polar surface area (TPSA) is 121 Å². The van der Waals surface area contributed by atoms with Crippen LogP contribution in [0.2, 0.25) is 0 Å². The summed E-state index contributed by atoms with van der Waals surface area (Å²) in [6, 6.07) is 0. The molecule has 0 aromatic rings. The molecule has 0 saturated carbocycles. The van der Waals surface area contributed by atoms with Crippen molar-refractivity contribution in [3.63, 3.8) is 0 Å². The van der Waals surface area contributed by atoms with E-state index in [9.17, 15) is 9.90 Å². The van der Waals surface area contributed by atoms with E-state index in [1.165, 1.54) is 0 Å². The Balaban J connectivity index is 0. The van der Waals surface area contributed by atoms with E-state index >= 15 is 0 Å². The van der Waals surface area contributed by atoms with Gasteiger partial charge in [0.05, 0.1) is 12.6 Å². The van der Waals surface area contributed by atoms with Crippen molar-refractivity contribution < 1.29 is 81.7 Å². The van der Waals surface area contributed by atoms with Crippen molar-refractivity contribution in [1.82, 2.24) is 0 Å². The average Bonchev–Trinajstić information content (AvgIpc) is 2.00. The molecule has 0 spiro atoms. The molecule has 0 saturated heterocycles. The van der Waals surface area contributed by atoms with E-state index in [-0.39, 0.29) is 51.4 Å². The second-order valence-electron chi connectivity index (χ2n) is 2.00. The third-order valence-electron chi connectivity index (χ3n) is 1.15. The first-order valence-electron chi connectivity index (χ1n) is 2.86. The number of hydrogen-bond acceptors (Lipinski definition) is 6. The van der Waals surface area contributed by atoms with E-state index in [4.69, 9.17) is 20.4 Å². The van der Waals surface area contributed by atoms with E-state index < -0.39 is 30.9 Å². The summed E-state index contributed by atoms with van der Waals surface area (Å²) in [5.74, 6) is -1.90. The molecule has 0 aromatic heterocycles. The summed E-state index contributed by atoms with van der Waals surface area (Å²) in [4.78, 5) is 9.85. The number of carboxylic acids is 1. The molecule has 7 heteroatoms. The van der Waals surface area contributed by atoms with Crippen LogP contribution in [0.5, 0.6) is 0 Å². The van der Waals surface area contributed by atoms with Crippen LogP contribution in [0.25, 0.3) is 0 Å². The van der Waals surface area contributed by atoms with Crippen molar-refractivity contribution in [2.45, 2.75) is 18.3 Å². The summed E-state index contributed by atoms with van der Waals surface area (Å²) in [7, 11) is 0. The molecule has 66 valence electrons. The number of aliphatic carboxylic acids is 1. The van der Waals surface area contributed by atoms with Gasteiger partial charge >= 0.3 is 51.4 Å². The predicted molar refractivity (Wildman–Crippen MR) is 30.1 cm³/mol. The predicted octanol–water partition coefficient (Wildman–Crippen LogP) is -7.18. The minimum absolute atomic E-state index is 0. The molecule has 0 aliphatic rings. The molecule has 0 bridgehead atoms. The van der Waals surface area contributed by atoms with Crippen LogP contribution in [0.4, 0.5) is 0 Å². The molecule has 12 heavy (non-hydrogen) atoms. The Morgan fingerprint density at radius 3 is 2.00 bits per heavy atom. The Bertz CT molecular complexity index is 140. The van der Waals surface area contributed by atoms with Gasteiger partial charge in [-0.05, 0) is 0 Å². The fourth-order valence-corrected chi connectivity index (χ4v) is 0.458. The number of carbonyl (C=O) groups excluding carboxylic acids is 1. The van der Waals surface area contributed by atoms with E-state index in [0.29, 0.717) is 0 Å². The molecule has 3 atom stereocenters. The van der Waals surface area contributed by atoms with Gasteiger partial charge in [-0.25, -0.2) is 0 Å². The van der Waals surface area contributed by atoms with Gasteiger partial charge in [-0.2, -0.15) is 0 Å². The molecule has 0 aliphatic carbocycles. The van der Waals surface area contributed by atoms with Crippen LogP contribution >= 0.6 is 0 Å². The molecule has 0 amide bonds. The van der Waals surface area contributed by atoms with Crippen molar-refractivity contribution in [1.29, 1.82) is 0 Å². The standard InChI is InChI=1S/C5H10O6.K/c6-1-2(7)3(8)4(9)5(10)11;/h2-4,6-9H,1H2,(H,10,11);/q;+1/p-1/t2-,3-,4-;/m1./s1. The Hall–Kier alpha value is 0.946. The molecule has 4 N–H and O–H groups in total. The van der Waals surface area contributed by atoms with Crippen LogP contribution in [0.1, 0.15) is 0 Å². The van der Waals surface area contributed by atoms with Crippen LogP contribution in [-0.2, 0) is 4.79 Å². The minimum atomic E-state index is -2.18. The maximum Gasteiger partial charge on any atom is 1.00 e. The second kappa shape index (κ2) is 7.36. The zero-order valence-electron chi connectivity index (χ0n) is 6.54. The Kier molecular flexibility index (Phi) is 9.46. The van der Waals surface area contributed by atoms with Gasteiger partial charge in [0, 0.05) is 0 Å². The number of carbonyl (C=O) groups is 1. The van der Waals surface area contributed by atoms with Crippen LogP contribution in [0.3, 0.4) is 0 Å². The van der Waals surface area contributed by atoms with E-state index in [0.717, 1.165) is 0 Å².